The zero-order valence-corrected chi connectivity index (χ0v) is 11.3. The Morgan fingerprint density at radius 1 is 1.41 bits per heavy atom. The van der Waals surface area contributed by atoms with Crippen LogP contribution >= 0.6 is 0 Å². The molecule has 11 heteroatoms. The highest BCUT2D eigenvalue weighted by molar-refractivity contribution is 6.01. The van der Waals surface area contributed by atoms with E-state index in [4.69, 9.17) is 0 Å². The number of hydrogen-bond donors (Lipinski definition) is 2. The Kier molecular flexibility index (Phi) is 4.24. The fraction of sp³-hybridized carbons (Fsp3) is 0.364. The summed E-state index contributed by atoms with van der Waals surface area (Å²) < 4.78 is 38.1. The van der Waals surface area contributed by atoms with E-state index in [1.807, 2.05) is 6.92 Å². The van der Waals surface area contributed by atoms with E-state index in [1.54, 1.807) is 5.10 Å². The molecule has 8 nitrogen and oxygen atoms in total. The summed E-state index contributed by atoms with van der Waals surface area (Å²) in [5, 5.41) is 10.8. The summed E-state index contributed by atoms with van der Waals surface area (Å²) in [6.07, 6.45) is -4.06. The molecule has 0 radical (unpaired) electrons. The second-order valence-electron chi connectivity index (χ2n) is 4.24. The number of carbonyl (C=O) groups excluding carboxylic acids is 1. The highest BCUT2D eigenvalue weighted by atomic mass is 19.4. The maximum Gasteiger partial charge on any atom is 0.451 e. The maximum atomic E-state index is 12.3. The van der Waals surface area contributed by atoms with E-state index in [1.165, 1.54) is 6.07 Å². The SMILES string of the molecule is CCCn1nc(C(=O)Nc2n[nH]c(C(F)(F)F)n2)ccc1=O. The van der Waals surface area contributed by atoms with E-state index in [0.29, 0.717) is 13.0 Å². The first-order valence-electron chi connectivity index (χ1n) is 6.20. The zero-order valence-electron chi connectivity index (χ0n) is 11.3. The van der Waals surface area contributed by atoms with Crippen LogP contribution in [0.4, 0.5) is 19.1 Å². The summed E-state index contributed by atoms with van der Waals surface area (Å²) in [6, 6.07) is 2.32. The van der Waals surface area contributed by atoms with Crippen LogP contribution in [-0.4, -0.2) is 30.9 Å². The maximum absolute atomic E-state index is 12.3. The normalized spacial score (nSPS) is 11.5. The van der Waals surface area contributed by atoms with E-state index in [-0.39, 0.29) is 11.3 Å². The molecule has 118 valence electrons. The fourth-order valence-corrected chi connectivity index (χ4v) is 1.55. The number of aromatic nitrogens is 5. The minimum atomic E-state index is -4.69. The van der Waals surface area contributed by atoms with Gasteiger partial charge in [0.1, 0.15) is 5.69 Å². The minimum Gasteiger partial charge on any atom is -0.288 e. The number of rotatable bonds is 4. The Hall–Kier alpha value is -2.72. The summed E-state index contributed by atoms with van der Waals surface area (Å²) in [5.74, 6) is -2.68. The summed E-state index contributed by atoms with van der Waals surface area (Å²) in [5.41, 5.74) is -0.512. The van der Waals surface area contributed by atoms with E-state index in [0.717, 1.165) is 10.7 Å². The Bertz CT molecular complexity index is 736. The number of halogens is 3. The van der Waals surface area contributed by atoms with Gasteiger partial charge >= 0.3 is 6.18 Å². The molecule has 2 N–H and O–H groups in total. The third-order valence-electron chi connectivity index (χ3n) is 2.51. The molecule has 0 aliphatic carbocycles. The van der Waals surface area contributed by atoms with Crippen LogP contribution < -0.4 is 10.9 Å². The number of amides is 1. The van der Waals surface area contributed by atoms with Crippen LogP contribution in [-0.2, 0) is 12.7 Å². The third kappa shape index (κ3) is 3.48. The van der Waals surface area contributed by atoms with Crippen LogP contribution in [0.1, 0.15) is 29.7 Å². The van der Waals surface area contributed by atoms with E-state index in [9.17, 15) is 22.8 Å². The highest BCUT2D eigenvalue weighted by Crippen LogP contribution is 2.26. The van der Waals surface area contributed by atoms with Crippen LogP contribution in [0.2, 0.25) is 0 Å². The average Bonchev–Trinajstić information content (AvgIpc) is 2.90. The molecule has 0 aromatic carbocycles. The van der Waals surface area contributed by atoms with Gasteiger partial charge in [-0.15, -0.1) is 5.10 Å². The smallest absolute Gasteiger partial charge is 0.288 e. The molecule has 2 heterocycles. The minimum absolute atomic E-state index is 0.133. The molecule has 2 rings (SSSR count). The van der Waals surface area contributed by atoms with Gasteiger partial charge in [-0.25, -0.2) is 4.68 Å². The van der Waals surface area contributed by atoms with E-state index < -0.39 is 23.9 Å². The molecule has 22 heavy (non-hydrogen) atoms. The first kappa shape index (κ1) is 15.7. The van der Waals surface area contributed by atoms with Crippen molar-refractivity contribution < 1.29 is 18.0 Å². The number of nitrogens with one attached hydrogen (secondary N) is 2. The van der Waals surface area contributed by atoms with Gasteiger partial charge in [-0.1, -0.05) is 6.92 Å². The van der Waals surface area contributed by atoms with Gasteiger partial charge in [0, 0.05) is 12.6 Å². The van der Waals surface area contributed by atoms with Crippen molar-refractivity contribution in [3.63, 3.8) is 0 Å². The third-order valence-corrected chi connectivity index (χ3v) is 2.51. The van der Waals surface area contributed by atoms with Gasteiger partial charge in [0.05, 0.1) is 0 Å². The highest BCUT2D eigenvalue weighted by Gasteiger charge is 2.35. The van der Waals surface area contributed by atoms with Gasteiger partial charge in [0.15, 0.2) is 0 Å². The van der Waals surface area contributed by atoms with Crippen LogP contribution in [0.15, 0.2) is 16.9 Å². The van der Waals surface area contributed by atoms with Gasteiger partial charge in [-0.2, -0.15) is 23.3 Å². The van der Waals surface area contributed by atoms with E-state index >= 15 is 0 Å². The summed E-state index contributed by atoms with van der Waals surface area (Å²) in [6.45, 7) is 2.14. The van der Waals surface area contributed by atoms with Crippen molar-refractivity contribution in [3.8, 4) is 0 Å². The fourth-order valence-electron chi connectivity index (χ4n) is 1.55. The Balaban J connectivity index is 2.17. The molecular weight excluding hydrogens is 305 g/mol. The molecule has 0 bridgehead atoms. The van der Waals surface area contributed by atoms with Crippen molar-refractivity contribution in [3.05, 3.63) is 34.0 Å². The molecule has 0 saturated heterocycles. The lowest BCUT2D eigenvalue weighted by atomic mass is 10.3. The van der Waals surface area contributed by atoms with Gasteiger partial charge < -0.3 is 0 Å². The van der Waals surface area contributed by atoms with Crippen molar-refractivity contribution in [1.29, 1.82) is 0 Å². The second kappa shape index (κ2) is 5.95. The molecule has 1 amide bonds. The summed E-state index contributed by atoms with van der Waals surface area (Å²) in [7, 11) is 0. The molecule has 0 saturated carbocycles. The molecule has 0 atom stereocenters. The largest absolute Gasteiger partial charge is 0.451 e. The van der Waals surface area contributed by atoms with Gasteiger partial charge in [0.25, 0.3) is 11.5 Å². The molecule has 0 aliphatic heterocycles. The number of aromatic amines is 1. The van der Waals surface area contributed by atoms with Gasteiger partial charge in [0.2, 0.25) is 11.8 Å². The quantitative estimate of drug-likeness (QED) is 0.877. The lowest BCUT2D eigenvalue weighted by Crippen LogP contribution is -2.26. The predicted molar refractivity (Wildman–Crippen MR) is 68.1 cm³/mol. The number of alkyl halides is 3. The standard InChI is InChI=1S/C11H11F3N6O2/c1-2-5-20-7(21)4-3-6(19-20)8(22)15-10-16-9(17-18-10)11(12,13)14/h3-4H,2,5H2,1H3,(H2,15,16,17,18,22). The van der Waals surface area contributed by atoms with Crippen LogP contribution in [0, 0.1) is 0 Å². The number of anilines is 1. The summed E-state index contributed by atoms with van der Waals surface area (Å²) in [4.78, 5) is 26.5. The van der Waals surface area contributed by atoms with Crippen LogP contribution in [0.3, 0.4) is 0 Å². The van der Waals surface area contributed by atoms with Crippen molar-refractivity contribution in [2.45, 2.75) is 26.1 Å². The second-order valence-corrected chi connectivity index (χ2v) is 4.24. The molecule has 0 spiro atoms. The van der Waals surface area contributed by atoms with Crippen molar-refractivity contribution in [2.24, 2.45) is 0 Å². The number of aryl methyl sites for hydroxylation is 1. The number of hydrogen-bond acceptors (Lipinski definition) is 5. The topological polar surface area (TPSA) is 106 Å². The Morgan fingerprint density at radius 2 is 2.14 bits per heavy atom. The number of nitrogens with zero attached hydrogens (tertiary/aromatic N) is 4. The van der Waals surface area contributed by atoms with Gasteiger partial charge in [-0.05, 0) is 12.5 Å². The monoisotopic (exact) mass is 316 g/mol. The van der Waals surface area contributed by atoms with Crippen molar-refractivity contribution in [1.82, 2.24) is 25.0 Å². The lowest BCUT2D eigenvalue weighted by Gasteiger charge is -2.04. The Labute approximate surface area is 121 Å². The van der Waals surface area contributed by atoms with Crippen LogP contribution in [0.25, 0.3) is 0 Å². The van der Waals surface area contributed by atoms with Crippen molar-refractivity contribution >= 4 is 11.9 Å². The molecule has 2 aromatic heterocycles. The predicted octanol–water partition coefficient (Wildman–Crippen LogP) is 1.04. The van der Waals surface area contributed by atoms with Crippen molar-refractivity contribution in [2.75, 3.05) is 5.32 Å². The molecule has 0 fully saturated rings. The molecular formula is C11H11F3N6O2. The summed E-state index contributed by atoms with van der Waals surface area (Å²) >= 11 is 0. The first-order valence-corrected chi connectivity index (χ1v) is 6.20. The Morgan fingerprint density at radius 3 is 2.73 bits per heavy atom. The van der Waals surface area contributed by atoms with E-state index in [2.05, 4.69) is 20.5 Å². The average molecular weight is 316 g/mol. The molecule has 0 aliphatic rings. The van der Waals surface area contributed by atoms with Crippen LogP contribution in [0.5, 0.6) is 0 Å². The first-order chi connectivity index (χ1) is 10.3. The van der Waals surface area contributed by atoms with Gasteiger partial charge in [-0.3, -0.25) is 20.0 Å². The number of H-pyrrole nitrogens is 1. The molecule has 2 aromatic rings. The molecule has 0 unspecified atom stereocenters. The zero-order chi connectivity index (χ0) is 16.3. The lowest BCUT2D eigenvalue weighted by molar-refractivity contribution is -0.144. The number of carbonyl (C=O) groups is 1.